The van der Waals surface area contributed by atoms with Gasteiger partial charge >= 0.3 is 0 Å². The molecule has 2 aliphatic carbocycles. The van der Waals surface area contributed by atoms with E-state index in [0.717, 1.165) is 43.6 Å². The minimum Gasteiger partial charge on any atom is -0.476 e. The number of nitrogens with one attached hydrogen (secondary N) is 1. The minimum atomic E-state index is -0.955. The minimum absolute atomic E-state index is 0.0465. The second kappa shape index (κ2) is 16.4. The van der Waals surface area contributed by atoms with Crippen LogP contribution in [0.3, 0.4) is 0 Å². The van der Waals surface area contributed by atoms with Crippen molar-refractivity contribution in [3.8, 4) is 5.75 Å². The Morgan fingerprint density at radius 3 is 2.47 bits per heavy atom. The lowest BCUT2D eigenvalue weighted by Crippen LogP contribution is -2.53. The van der Waals surface area contributed by atoms with E-state index in [-0.39, 0.29) is 35.5 Å². The number of piperidine rings is 1. The number of benzene rings is 1. The van der Waals surface area contributed by atoms with Gasteiger partial charge in [-0.25, -0.2) is 0 Å². The standard InChI is InChI=1S/C25H35N3O5.C11H22O/c1-16(29)17-12-18(15-26-14-17)23(30)28(19-6-7-19)20-8-9-22-21(13-20)27(10-5-11-32-4)24(31)25(2,3)33-22;1-3-12-9-10(2)11-7-5-4-6-8-11/h8-9,13,17-19,26H,5-7,10-12,14-15H2,1-4H3;10-11H,3-9H2,1-2H3. The molecule has 0 spiro atoms. The molecule has 1 N–H and O–H groups in total. The van der Waals surface area contributed by atoms with E-state index in [1.165, 1.54) is 32.1 Å². The Balaban J connectivity index is 0.000000323. The zero-order valence-electron chi connectivity index (χ0n) is 28.6. The molecule has 45 heavy (non-hydrogen) atoms. The van der Waals surface area contributed by atoms with E-state index >= 15 is 0 Å². The SMILES string of the molecule is CCOCC(C)C1CCCCC1.COCCCN1C(=O)C(C)(C)Oc2ccc(N(C(=O)C3CNCC(C(C)=O)C3)C3CC3)cc21. The van der Waals surface area contributed by atoms with E-state index in [0.29, 0.717) is 50.5 Å². The Morgan fingerprint density at radius 2 is 1.82 bits per heavy atom. The van der Waals surface area contributed by atoms with Crippen LogP contribution in [0.15, 0.2) is 18.2 Å². The van der Waals surface area contributed by atoms with Gasteiger partial charge in [0.2, 0.25) is 5.91 Å². The van der Waals surface area contributed by atoms with Crippen LogP contribution in [0.1, 0.15) is 92.4 Å². The molecule has 0 bridgehead atoms. The van der Waals surface area contributed by atoms with Gasteiger partial charge in [0, 0.05) is 64.2 Å². The van der Waals surface area contributed by atoms with Gasteiger partial charge in [-0.15, -0.1) is 0 Å². The highest BCUT2D eigenvalue weighted by atomic mass is 16.5. The third-order valence-corrected chi connectivity index (χ3v) is 9.83. The van der Waals surface area contributed by atoms with Gasteiger partial charge in [-0.05, 0) is 83.4 Å². The lowest BCUT2D eigenvalue weighted by Gasteiger charge is -2.39. The molecule has 9 nitrogen and oxygen atoms in total. The molecule has 3 atom stereocenters. The van der Waals surface area contributed by atoms with E-state index in [4.69, 9.17) is 14.2 Å². The van der Waals surface area contributed by atoms with Crippen molar-refractivity contribution < 1.29 is 28.6 Å². The Kier molecular flexibility index (Phi) is 12.9. The van der Waals surface area contributed by atoms with Gasteiger partial charge in [-0.1, -0.05) is 39.0 Å². The van der Waals surface area contributed by atoms with Gasteiger partial charge in [-0.3, -0.25) is 14.4 Å². The number of Topliss-reactive ketones (excluding diaryl/α,β-unsaturated/α-hetero) is 1. The van der Waals surface area contributed by atoms with Crippen LogP contribution in [0.2, 0.25) is 0 Å². The van der Waals surface area contributed by atoms with Crippen molar-refractivity contribution in [2.75, 3.05) is 56.4 Å². The maximum Gasteiger partial charge on any atom is 0.270 e. The molecule has 2 aliphatic heterocycles. The van der Waals surface area contributed by atoms with Gasteiger partial charge in [-0.2, -0.15) is 0 Å². The average molecular weight is 628 g/mol. The molecule has 1 aromatic carbocycles. The van der Waals surface area contributed by atoms with E-state index in [9.17, 15) is 14.4 Å². The molecule has 2 amide bonds. The van der Waals surface area contributed by atoms with Crippen LogP contribution in [0.25, 0.3) is 0 Å². The number of fused-ring (bicyclic) bond motifs is 1. The fourth-order valence-electron chi connectivity index (χ4n) is 6.92. The summed E-state index contributed by atoms with van der Waals surface area (Å²) >= 11 is 0. The molecule has 4 aliphatic rings. The van der Waals surface area contributed by atoms with E-state index < -0.39 is 5.60 Å². The number of amides is 2. The average Bonchev–Trinajstić information content (AvgIpc) is 3.88. The van der Waals surface area contributed by atoms with E-state index in [1.54, 1.807) is 32.8 Å². The molecule has 0 radical (unpaired) electrons. The Labute approximate surface area is 270 Å². The smallest absolute Gasteiger partial charge is 0.270 e. The molecule has 2 saturated carbocycles. The zero-order chi connectivity index (χ0) is 32.6. The summed E-state index contributed by atoms with van der Waals surface area (Å²) in [7, 11) is 1.65. The largest absolute Gasteiger partial charge is 0.476 e. The number of methoxy groups -OCH3 is 1. The van der Waals surface area contributed by atoms with Gasteiger partial charge < -0.3 is 29.3 Å². The van der Waals surface area contributed by atoms with Crippen molar-refractivity contribution in [3.05, 3.63) is 18.2 Å². The zero-order valence-corrected chi connectivity index (χ0v) is 28.6. The number of ether oxygens (including phenoxy) is 3. The van der Waals surface area contributed by atoms with Gasteiger partial charge in [0.1, 0.15) is 11.5 Å². The van der Waals surface area contributed by atoms with Gasteiger partial charge in [0.05, 0.1) is 11.6 Å². The summed E-state index contributed by atoms with van der Waals surface area (Å²) < 4.78 is 16.7. The summed E-state index contributed by atoms with van der Waals surface area (Å²) in [6, 6.07) is 5.84. The van der Waals surface area contributed by atoms with Crippen molar-refractivity contribution in [2.24, 2.45) is 23.7 Å². The number of anilines is 2. The number of rotatable bonds is 12. The van der Waals surface area contributed by atoms with E-state index in [1.807, 2.05) is 23.1 Å². The Morgan fingerprint density at radius 1 is 1.11 bits per heavy atom. The fourth-order valence-corrected chi connectivity index (χ4v) is 6.92. The van der Waals surface area contributed by atoms with Crippen LogP contribution in [0.4, 0.5) is 11.4 Å². The molecule has 1 saturated heterocycles. The lowest BCUT2D eigenvalue weighted by atomic mass is 9.81. The maximum atomic E-state index is 13.6. The number of hydrogen-bond acceptors (Lipinski definition) is 7. The number of carbonyl (C=O) groups excluding carboxylic acids is 3. The Hall–Kier alpha value is -2.49. The van der Waals surface area contributed by atoms with Crippen LogP contribution in [0.5, 0.6) is 5.75 Å². The number of ketones is 1. The third kappa shape index (κ3) is 9.29. The number of carbonyl (C=O) groups is 3. The summed E-state index contributed by atoms with van der Waals surface area (Å²) in [5, 5.41) is 3.26. The van der Waals surface area contributed by atoms with Crippen molar-refractivity contribution in [2.45, 2.75) is 104 Å². The molecule has 3 unspecified atom stereocenters. The van der Waals surface area contributed by atoms with E-state index in [2.05, 4.69) is 19.2 Å². The monoisotopic (exact) mass is 627 g/mol. The number of hydrogen-bond donors (Lipinski definition) is 1. The highest BCUT2D eigenvalue weighted by Gasteiger charge is 2.43. The molecular weight excluding hydrogens is 570 g/mol. The van der Waals surface area contributed by atoms with Crippen LogP contribution in [0, 0.1) is 23.7 Å². The quantitative estimate of drug-likeness (QED) is 0.294. The third-order valence-electron chi connectivity index (χ3n) is 9.83. The summed E-state index contributed by atoms with van der Waals surface area (Å²) in [4.78, 5) is 42.3. The first-order valence-corrected chi connectivity index (χ1v) is 17.3. The first-order valence-electron chi connectivity index (χ1n) is 17.3. The number of nitrogens with zero attached hydrogens (tertiary/aromatic N) is 2. The molecule has 0 aromatic heterocycles. The molecule has 1 aromatic rings. The molecular formula is C36H57N3O6. The molecule has 3 fully saturated rings. The van der Waals surface area contributed by atoms with Crippen LogP contribution in [-0.4, -0.2) is 75.8 Å². The van der Waals surface area contributed by atoms with Crippen molar-refractivity contribution in [1.82, 2.24) is 5.32 Å². The maximum absolute atomic E-state index is 13.6. The summed E-state index contributed by atoms with van der Waals surface area (Å²) in [6.45, 7) is 13.7. The second-order valence-corrected chi connectivity index (χ2v) is 13.9. The van der Waals surface area contributed by atoms with Gasteiger partial charge in [0.15, 0.2) is 5.60 Å². The first-order chi connectivity index (χ1) is 21.6. The van der Waals surface area contributed by atoms with Crippen LogP contribution >= 0.6 is 0 Å². The van der Waals surface area contributed by atoms with Crippen molar-refractivity contribution in [3.63, 3.8) is 0 Å². The molecule has 9 heteroatoms. The highest BCUT2D eigenvalue weighted by molar-refractivity contribution is 6.04. The normalized spacial score (nSPS) is 23.7. The van der Waals surface area contributed by atoms with Crippen molar-refractivity contribution >= 4 is 29.0 Å². The lowest BCUT2D eigenvalue weighted by molar-refractivity contribution is -0.132. The Bertz CT molecular complexity index is 1150. The van der Waals surface area contributed by atoms with Crippen LogP contribution < -0.4 is 19.9 Å². The predicted octanol–water partition coefficient (Wildman–Crippen LogP) is 5.78. The van der Waals surface area contributed by atoms with Crippen LogP contribution in [-0.2, 0) is 23.9 Å². The summed E-state index contributed by atoms with van der Waals surface area (Å²) in [5.74, 6) is 2.08. The summed E-state index contributed by atoms with van der Waals surface area (Å²) in [5.41, 5.74) is 0.511. The predicted molar refractivity (Wildman–Crippen MR) is 178 cm³/mol. The first kappa shape index (κ1) is 35.4. The van der Waals surface area contributed by atoms with Gasteiger partial charge in [0.25, 0.3) is 5.91 Å². The molecule has 5 rings (SSSR count). The molecule has 2 heterocycles. The fraction of sp³-hybridized carbons (Fsp3) is 0.750. The topological polar surface area (TPSA) is 97.4 Å². The molecule has 252 valence electrons. The highest BCUT2D eigenvalue weighted by Crippen LogP contribution is 2.43. The summed E-state index contributed by atoms with van der Waals surface area (Å²) in [6.07, 6.45) is 10.4. The van der Waals surface area contributed by atoms with Crippen molar-refractivity contribution in [1.29, 1.82) is 0 Å². The second-order valence-electron chi connectivity index (χ2n) is 13.9.